The predicted molar refractivity (Wildman–Crippen MR) is 90.0 cm³/mol. The molecule has 0 saturated heterocycles. The maximum Gasteiger partial charge on any atom is 0.256 e. The third kappa shape index (κ3) is 3.66. The lowest BCUT2D eigenvalue weighted by atomic mass is 9.99. The van der Waals surface area contributed by atoms with Crippen molar-refractivity contribution in [2.45, 2.75) is 6.42 Å². The van der Waals surface area contributed by atoms with Crippen molar-refractivity contribution < 1.29 is 13.6 Å². The molecule has 4 heteroatoms. The third-order valence-corrected chi connectivity index (χ3v) is 3.68. The number of carbonyl (C=O) groups excluding carboxylic acids is 1. The number of halogens is 2. The molecule has 0 fully saturated rings. The minimum absolute atomic E-state index is 0.0454. The third-order valence-electron chi connectivity index (χ3n) is 3.68. The van der Waals surface area contributed by atoms with Gasteiger partial charge in [-0.3, -0.25) is 4.79 Å². The number of hydrogen-bond acceptors (Lipinski definition) is 1. The molecule has 0 aliphatic heterocycles. The van der Waals surface area contributed by atoms with Gasteiger partial charge in [0.1, 0.15) is 11.6 Å². The molecule has 3 aromatic carbocycles. The van der Waals surface area contributed by atoms with Crippen molar-refractivity contribution in [3.05, 3.63) is 101 Å². The summed E-state index contributed by atoms with van der Waals surface area (Å²) in [6, 6.07) is 20.0. The number of anilines is 1. The normalized spacial score (nSPS) is 10.4. The summed E-state index contributed by atoms with van der Waals surface area (Å²) in [5.74, 6) is -1.91. The lowest BCUT2D eigenvalue weighted by Crippen LogP contribution is -2.15. The Morgan fingerprint density at radius 2 is 1.58 bits per heavy atom. The minimum atomic E-state index is -0.802. The molecular weight excluding hydrogens is 308 g/mol. The number of nitrogens with one attached hydrogen (secondary N) is 1. The van der Waals surface area contributed by atoms with Crippen molar-refractivity contribution in [2.24, 2.45) is 0 Å². The van der Waals surface area contributed by atoms with Gasteiger partial charge in [0, 0.05) is 11.6 Å². The number of rotatable bonds is 4. The number of carbonyl (C=O) groups is 1. The molecular formula is C20H15F2NO. The van der Waals surface area contributed by atoms with E-state index in [1.54, 1.807) is 12.1 Å². The topological polar surface area (TPSA) is 29.1 Å². The van der Waals surface area contributed by atoms with Crippen LogP contribution in [0.15, 0.2) is 72.8 Å². The van der Waals surface area contributed by atoms with Gasteiger partial charge in [-0.15, -0.1) is 0 Å². The molecule has 24 heavy (non-hydrogen) atoms. The molecule has 0 aliphatic carbocycles. The van der Waals surface area contributed by atoms with Gasteiger partial charge < -0.3 is 5.32 Å². The smallest absolute Gasteiger partial charge is 0.256 e. The van der Waals surface area contributed by atoms with Gasteiger partial charge in [-0.1, -0.05) is 48.5 Å². The van der Waals surface area contributed by atoms with E-state index in [0.717, 1.165) is 23.3 Å². The number of hydrogen-bond donors (Lipinski definition) is 1. The zero-order valence-corrected chi connectivity index (χ0v) is 12.8. The van der Waals surface area contributed by atoms with Crippen LogP contribution in [0.5, 0.6) is 0 Å². The van der Waals surface area contributed by atoms with E-state index in [2.05, 4.69) is 5.32 Å². The molecule has 0 saturated carbocycles. The molecule has 0 aromatic heterocycles. The molecule has 0 radical (unpaired) electrons. The Morgan fingerprint density at radius 3 is 2.33 bits per heavy atom. The fourth-order valence-electron chi connectivity index (χ4n) is 2.49. The van der Waals surface area contributed by atoms with E-state index in [1.807, 2.05) is 42.5 Å². The summed E-state index contributed by atoms with van der Waals surface area (Å²) in [5.41, 5.74) is 2.33. The minimum Gasteiger partial charge on any atom is -0.319 e. The van der Waals surface area contributed by atoms with Gasteiger partial charge in [0.2, 0.25) is 0 Å². The lowest BCUT2D eigenvalue weighted by Gasteiger charge is -2.11. The molecule has 0 unspecified atom stereocenters. The quantitative estimate of drug-likeness (QED) is 0.733. The Balaban J connectivity index is 1.85. The first-order valence-electron chi connectivity index (χ1n) is 7.52. The van der Waals surface area contributed by atoms with Crippen LogP contribution in [0.3, 0.4) is 0 Å². The van der Waals surface area contributed by atoms with E-state index >= 15 is 0 Å². The zero-order chi connectivity index (χ0) is 16.9. The fraction of sp³-hybridized carbons (Fsp3) is 0.0500. The van der Waals surface area contributed by atoms with Crippen LogP contribution in [0.1, 0.15) is 21.5 Å². The van der Waals surface area contributed by atoms with Gasteiger partial charge in [-0.05, 0) is 35.7 Å². The van der Waals surface area contributed by atoms with Crippen LogP contribution in [-0.4, -0.2) is 5.91 Å². The highest BCUT2D eigenvalue weighted by Crippen LogP contribution is 2.19. The first-order valence-corrected chi connectivity index (χ1v) is 7.52. The van der Waals surface area contributed by atoms with Crippen molar-refractivity contribution in [2.75, 3.05) is 5.32 Å². The lowest BCUT2D eigenvalue weighted by molar-refractivity contribution is 0.102. The van der Waals surface area contributed by atoms with Gasteiger partial charge in [-0.25, -0.2) is 8.78 Å². The summed E-state index contributed by atoms with van der Waals surface area (Å²) in [6.45, 7) is 0. The Bertz CT molecular complexity index is 863. The van der Waals surface area contributed by atoms with Crippen LogP contribution in [0.2, 0.25) is 0 Å². The van der Waals surface area contributed by atoms with Crippen molar-refractivity contribution in [1.82, 2.24) is 0 Å². The van der Waals surface area contributed by atoms with Crippen LogP contribution in [0.25, 0.3) is 0 Å². The summed E-state index contributed by atoms with van der Waals surface area (Å²) in [7, 11) is 0. The summed E-state index contributed by atoms with van der Waals surface area (Å²) in [4.78, 5) is 12.5. The van der Waals surface area contributed by atoms with Gasteiger partial charge in [0.05, 0.1) is 5.69 Å². The van der Waals surface area contributed by atoms with Crippen LogP contribution >= 0.6 is 0 Å². The van der Waals surface area contributed by atoms with E-state index in [1.165, 1.54) is 6.07 Å². The average molecular weight is 323 g/mol. The van der Waals surface area contributed by atoms with E-state index in [9.17, 15) is 13.6 Å². The first-order chi connectivity index (χ1) is 11.6. The highest BCUT2D eigenvalue weighted by Gasteiger charge is 2.13. The first kappa shape index (κ1) is 15.9. The largest absolute Gasteiger partial charge is 0.319 e. The van der Waals surface area contributed by atoms with Crippen LogP contribution in [0.4, 0.5) is 14.5 Å². The molecule has 0 spiro atoms. The fourth-order valence-corrected chi connectivity index (χ4v) is 2.49. The van der Waals surface area contributed by atoms with Crippen molar-refractivity contribution in [3.63, 3.8) is 0 Å². The van der Waals surface area contributed by atoms with Crippen LogP contribution < -0.4 is 5.32 Å². The van der Waals surface area contributed by atoms with Crippen LogP contribution in [-0.2, 0) is 6.42 Å². The standard InChI is InChI=1S/C20H15F2NO/c21-16-10-11-19(18(22)13-16)23-20(24)17-9-5-4-8-15(17)12-14-6-2-1-3-7-14/h1-11,13H,12H2,(H,23,24). The second kappa shape index (κ2) is 7.04. The Morgan fingerprint density at radius 1 is 0.875 bits per heavy atom. The van der Waals surface area contributed by atoms with Gasteiger partial charge >= 0.3 is 0 Å². The molecule has 1 N–H and O–H groups in total. The molecule has 3 aromatic rings. The number of amides is 1. The van der Waals surface area contributed by atoms with E-state index < -0.39 is 17.5 Å². The molecule has 0 bridgehead atoms. The highest BCUT2D eigenvalue weighted by molar-refractivity contribution is 6.05. The molecule has 3 rings (SSSR count). The average Bonchev–Trinajstić information content (AvgIpc) is 2.59. The molecule has 120 valence electrons. The highest BCUT2D eigenvalue weighted by atomic mass is 19.1. The summed E-state index contributed by atoms with van der Waals surface area (Å²) >= 11 is 0. The van der Waals surface area contributed by atoms with Gasteiger partial charge in [0.15, 0.2) is 0 Å². The summed E-state index contributed by atoms with van der Waals surface area (Å²) in [5, 5.41) is 2.50. The Kier molecular flexibility index (Phi) is 4.66. The zero-order valence-electron chi connectivity index (χ0n) is 12.8. The predicted octanol–water partition coefficient (Wildman–Crippen LogP) is 4.81. The monoisotopic (exact) mass is 323 g/mol. The summed E-state index contributed by atoms with van der Waals surface area (Å²) in [6.07, 6.45) is 0.594. The van der Waals surface area contributed by atoms with Crippen LogP contribution in [0, 0.1) is 11.6 Å². The maximum atomic E-state index is 13.7. The number of benzene rings is 3. The molecule has 2 nitrogen and oxygen atoms in total. The van der Waals surface area contributed by atoms with Crippen molar-refractivity contribution in [1.29, 1.82) is 0 Å². The molecule has 0 aliphatic rings. The maximum absolute atomic E-state index is 13.7. The Labute approximate surface area is 138 Å². The SMILES string of the molecule is O=C(Nc1ccc(F)cc1F)c1ccccc1Cc1ccccc1. The Hall–Kier alpha value is -3.01. The molecule has 1 amide bonds. The van der Waals surface area contributed by atoms with E-state index in [-0.39, 0.29) is 5.69 Å². The van der Waals surface area contributed by atoms with Gasteiger partial charge in [0.25, 0.3) is 5.91 Å². The van der Waals surface area contributed by atoms with E-state index in [4.69, 9.17) is 0 Å². The second-order valence-electron chi connectivity index (χ2n) is 5.40. The van der Waals surface area contributed by atoms with Crippen molar-refractivity contribution in [3.8, 4) is 0 Å². The van der Waals surface area contributed by atoms with Crippen molar-refractivity contribution >= 4 is 11.6 Å². The van der Waals surface area contributed by atoms with E-state index in [0.29, 0.717) is 12.0 Å². The molecule has 0 atom stereocenters. The summed E-state index contributed by atoms with van der Waals surface area (Å²) < 4.78 is 26.7. The molecule has 0 heterocycles. The van der Waals surface area contributed by atoms with Gasteiger partial charge in [-0.2, -0.15) is 0 Å². The second-order valence-corrected chi connectivity index (χ2v) is 5.40.